The van der Waals surface area contributed by atoms with Gasteiger partial charge >= 0.3 is 0 Å². The summed E-state index contributed by atoms with van der Waals surface area (Å²) in [4.78, 5) is 4.84. The van der Waals surface area contributed by atoms with Crippen LogP contribution in [0.5, 0.6) is 0 Å². The fraction of sp³-hybridized carbons (Fsp3) is 0.757. The van der Waals surface area contributed by atoms with Gasteiger partial charge in [-0.15, -0.1) is 10.2 Å². The molecule has 0 radical (unpaired) electrons. The molecule has 0 atom stereocenters. The maximum absolute atomic E-state index is 4.84. The Bertz CT molecular complexity index is 1010. The Hall–Kier alpha value is -2.57. The molecule has 0 saturated heterocycles. The van der Waals surface area contributed by atoms with Crippen LogP contribution < -0.4 is 0 Å². The first-order chi connectivity index (χ1) is 21.8. The molecule has 3 aromatic rings. The molecule has 0 aliphatic rings. The molecular weight excluding hydrogens is 542 g/mol. The minimum Gasteiger partial charge on any atom is -0.252 e. The maximum Gasteiger partial charge on any atom is 0.131 e. The summed E-state index contributed by atoms with van der Waals surface area (Å²) >= 11 is 0. The molecule has 0 aromatic carbocycles. The second-order valence-corrected chi connectivity index (χ2v) is 12.9. The molecule has 0 N–H and O–H groups in total. The van der Waals surface area contributed by atoms with Gasteiger partial charge < -0.3 is 0 Å². The molecule has 246 valence electrons. The van der Waals surface area contributed by atoms with Gasteiger partial charge in [0, 0.05) is 13.1 Å². The lowest BCUT2D eigenvalue weighted by atomic mass is 10.1. The highest BCUT2D eigenvalue weighted by molar-refractivity contribution is 5.60. The smallest absolute Gasteiger partial charge is 0.131 e. The second-order valence-electron chi connectivity index (χ2n) is 12.9. The van der Waals surface area contributed by atoms with E-state index in [1.54, 1.807) is 0 Å². The zero-order valence-corrected chi connectivity index (χ0v) is 28.4. The van der Waals surface area contributed by atoms with E-state index >= 15 is 0 Å². The zero-order chi connectivity index (χ0) is 30.9. The standard InChI is InChI=1S/C37H63N7/c1-3-5-7-9-11-13-15-17-19-21-23-25-30-43-32-36(39-41-43)34-28-27-29-35(38-34)37-33-44(42-40-37)31-26-24-22-20-18-16-14-12-10-8-6-4-2/h27-29,32-33H,3-26,30-31H2,1-2H3. The highest BCUT2D eigenvalue weighted by Gasteiger charge is 2.10. The predicted octanol–water partition coefficient (Wildman–Crippen LogP) is 11.0. The average Bonchev–Trinajstić information content (AvgIpc) is 3.73. The summed E-state index contributed by atoms with van der Waals surface area (Å²) in [7, 11) is 0. The van der Waals surface area contributed by atoms with Crippen molar-refractivity contribution in [3.63, 3.8) is 0 Å². The summed E-state index contributed by atoms with van der Waals surface area (Å²) in [5, 5.41) is 17.5. The van der Waals surface area contributed by atoms with E-state index in [0.717, 1.165) is 48.7 Å². The van der Waals surface area contributed by atoms with Gasteiger partial charge in [-0.3, -0.25) is 9.36 Å². The second kappa shape index (κ2) is 23.8. The van der Waals surface area contributed by atoms with Gasteiger partial charge in [-0.25, -0.2) is 4.98 Å². The van der Waals surface area contributed by atoms with Crippen LogP contribution in [0.15, 0.2) is 30.6 Å². The Morgan fingerprint density at radius 2 is 0.727 bits per heavy atom. The van der Waals surface area contributed by atoms with Crippen LogP contribution in [0.3, 0.4) is 0 Å². The van der Waals surface area contributed by atoms with E-state index in [-0.39, 0.29) is 0 Å². The largest absolute Gasteiger partial charge is 0.252 e. The number of rotatable bonds is 28. The van der Waals surface area contributed by atoms with E-state index < -0.39 is 0 Å². The van der Waals surface area contributed by atoms with Crippen LogP contribution in [-0.2, 0) is 13.1 Å². The lowest BCUT2D eigenvalue weighted by molar-refractivity contribution is 0.505. The van der Waals surface area contributed by atoms with Crippen molar-refractivity contribution in [1.82, 2.24) is 35.0 Å². The van der Waals surface area contributed by atoms with Crippen molar-refractivity contribution in [1.29, 1.82) is 0 Å². The Balaban J connectivity index is 1.27. The molecule has 0 bridgehead atoms. The molecule has 0 unspecified atom stereocenters. The Kier molecular flexibility index (Phi) is 19.4. The predicted molar refractivity (Wildman–Crippen MR) is 184 cm³/mol. The van der Waals surface area contributed by atoms with Crippen LogP contribution in [-0.4, -0.2) is 35.0 Å². The number of aromatic nitrogens is 7. The van der Waals surface area contributed by atoms with Crippen LogP contribution in [0.2, 0.25) is 0 Å². The summed E-state index contributed by atoms with van der Waals surface area (Å²) in [6.07, 6.45) is 36.6. The first-order valence-electron chi connectivity index (χ1n) is 18.6. The third-order valence-corrected chi connectivity index (χ3v) is 8.83. The van der Waals surface area contributed by atoms with Gasteiger partial charge in [0.1, 0.15) is 11.4 Å². The number of unbranched alkanes of at least 4 members (excludes halogenated alkanes) is 22. The first kappa shape index (κ1) is 35.9. The molecule has 0 spiro atoms. The Morgan fingerprint density at radius 3 is 1.07 bits per heavy atom. The third kappa shape index (κ3) is 15.4. The molecular formula is C37H63N7. The average molecular weight is 606 g/mol. The van der Waals surface area contributed by atoms with Crippen LogP contribution >= 0.6 is 0 Å². The van der Waals surface area contributed by atoms with Crippen molar-refractivity contribution >= 4 is 0 Å². The third-order valence-electron chi connectivity index (χ3n) is 8.83. The van der Waals surface area contributed by atoms with Crippen molar-refractivity contribution in [2.24, 2.45) is 0 Å². The number of hydrogen-bond acceptors (Lipinski definition) is 5. The number of hydrogen-bond donors (Lipinski definition) is 0. The van der Waals surface area contributed by atoms with Gasteiger partial charge in [0.2, 0.25) is 0 Å². The minimum atomic E-state index is 0.815. The van der Waals surface area contributed by atoms with Gasteiger partial charge in [-0.05, 0) is 25.0 Å². The van der Waals surface area contributed by atoms with Crippen LogP contribution in [0.25, 0.3) is 22.8 Å². The zero-order valence-electron chi connectivity index (χ0n) is 28.4. The van der Waals surface area contributed by atoms with Crippen molar-refractivity contribution in [2.45, 2.75) is 181 Å². The highest BCUT2D eigenvalue weighted by Crippen LogP contribution is 2.20. The van der Waals surface area contributed by atoms with E-state index in [0.29, 0.717) is 0 Å². The molecule has 7 nitrogen and oxygen atoms in total. The summed E-state index contributed by atoms with van der Waals surface area (Å²) in [6, 6.07) is 6.02. The minimum absolute atomic E-state index is 0.815. The van der Waals surface area contributed by atoms with E-state index in [1.165, 1.54) is 141 Å². The van der Waals surface area contributed by atoms with Gasteiger partial charge in [0.15, 0.2) is 0 Å². The van der Waals surface area contributed by atoms with E-state index in [9.17, 15) is 0 Å². The quantitative estimate of drug-likeness (QED) is 0.0770. The Labute approximate surface area is 269 Å². The number of nitrogens with zero attached hydrogens (tertiary/aromatic N) is 7. The fourth-order valence-electron chi connectivity index (χ4n) is 6.00. The SMILES string of the molecule is CCCCCCCCCCCCCCn1cc(-c2cccc(-c3cn(CCCCCCCCCCCCCC)nn3)n2)nn1. The van der Waals surface area contributed by atoms with Crippen molar-refractivity contribution < 1.29 is 0 Å². The lowest BCUT2D eigenvalue weighted by Crippen LogP contribution is -1.98. The molecule has 0 amide bonds. The van der Waals surface area contributed by atoms with Crippen molar-refractivity contribution in [3.8, 4) is 22.8 Å². The van der Waals surface area contributed by atoms with E-state index in [1.807, 2.05) is 40.0 Å². The molecule has 3 rings (SSSR count). The summed E-state index contributed by atoms with van der Waals surface area (Å²) < 4.78 is 3.93. The molecule has 0 aliphatic carbocycles. The molecule has 0 saturated carbocycles. The fourth-order valence-corrected chi connectivity index (χ4v) is 6.00. The molecule has 44 heavy (non-hydrogen) atoms. The molecule has 0 fully saturated rings. The lowest BCUT2D eigenvalue weighted by Gasteiger charge is -2.03. The van der Waals surface area contributed by atoms with Gasteiger partial charge in [0.05, 0.1) is 23.8 Å². The highest BCUT2D eigenvalue weighted by atomic mass is 15.4. The summed E-state index contributed by atoms with van der Waals surface area (Å²) in [6.45, 7) is 6.40. The molecule has 7 heteroatoms. The molecule has 3 aromatic heterocycles. The van der Waals surface area contributed by atoms with E-state index in [2.05, 4.69) is 34.5 Å². The maximum atomic E-state index is 4.84. The molecule has 3 heterocycles. The normalized spacial score (nSPS) is 11.5. The first-order valence-corrected chi connectivity index (χ1v) is 18.6. The van der Waals surface area contributed by atoms with Crippen molar-refractivity contribution in [3.05, 3.63) is 30.6 Å². The van der Waals surface area contributed by atoms with Crippen LogP contribution in [0.4, 0.5) is 0 Å². The van der Waals surface area contributed by atoms with Gasteiger partial charge in [-0.1, -0.05) is 172 Å². The monoisotopic (exact) mass is 606 g/mol. The topological polar surface area (TPSA) is 74.3 Å². The van der Waals surface area contributed by atoms with Crippen LogP contribution in [0.1, 0.15) is 168 Å². The van der Waals surface area contributed by atoms with Crippen LogP contribution in [0, 0.1) is 0 Å². The summed E-state index contributed by atoms with van der Waals surface area (Å²) in [5.41, 5.74) is 3.29. The van der Waals surface area contributed by atoms with Gasteiger partial charge in [0.25, 0.3) is 0 Å². The Morgan fingerprint density at radius 1 is 0.409 bits per heavy atom. The van der Waals surface area contributed by atoms with E-state index in [4.69, 9.17) is 4.98 Å². The number of aryl methyl sites for hydroxylation is 2. The van der Waals surface area contributed by atoms with Crippen molar-refractivity contribution in [2.75, 3.05) is 0 Å². The van der Waals surface area contributed by atoms with Gasteiger partial charge in [-0.2, -0.15) is 0 Å². The summed E-state index contributed by atoms with van der Waals surface area (Å²) in [5.74, 6) is 0. The molecule has 0 aliphatic heterocycles. The number of pyridine rings is 1.